The minimum Gasteiger partial charge on any atom is -0.399 e. The van der Waals surface area contributed by atoms with Crippen molar-refractivity contribution in [2.24, 2.45) is 0 Å². The Bertz CT molecular complexity index is 1710. The van der Waals surface area contributed by atoms with Crippen LogP contribution in [-0.2, 0) is 9.31 Å². The maximum absolute atomic E-state index is 6.54. The Kier molecular flexibility index (Phi) is 4.92. The van der Waals surface area contributed by atoms with Gasteiger partial charge < -0.3 is 9.31 Å². The van der Waals surface area contributed by atoms with Crippen molar-refractivity contribution in [2.45, 2.75) is 48.7 Å². The lowest BCUT2D eigenvalue weighted by molar-refractivity contribution is 0.00578. The first-order valence-corrected chi connectivity index (χ1v) is 16.1. The number of rotatable bonds is 2. The van der Waals surface area contributed by atoms with E-state index in [0.717, 1.165) is 5.46 Å². The third-order valence-electron chi connectivity index (χ3n) is 8.56. The molecule has 0 aliphatic carbocycles. The van der Waals surface area contributed by atoms with Crippen molar-refractivity contribution in [3.05, 3.63) is 78.9 Å². The topological polar surface area (TPSA) is 18.5 Å². The van der Waals surface area contributed by atoms with E-state index in [-0.39, 0.29) is 11.2 Å². The lowest BCUT2D eigenvalue weighted by Gasteiger charge is -2.32. The van der Waals surface area contributed by atoms with E-state index in [1.54, 1.807) is 0 Å². The van der Waals surface area contributed by atoms with Crippen molar-refractivity contribution in [1.82, 2.24) is 0 Å². The minimum atomic E-state index is -1.19. The van der Waals surface area contributed by atoms with Gasteiger partial charge in [0.1, 0.15) is 0 Å². The zero-order valence-corrected chi connectivity index (χ0v) is 23.8. The van der Waals surface area contributed by atoms with Gasteiger partial charge in [-0.25, -0.2) is 0 Å². The fourth-order valence-electron chi connectivity index (χ4n) is 5.87. The standard InChI is InChI=1S/C32H31BO2S2/c1-31(2)32(3,4)35-33(34-31)21-18-25(30-26(19-21)24-12-8-10-14-29(24)37(30,5)6)20-15-16-23-22-11-7-9-13-27(22)36-28(23)17-20/h7-19H,1-6H3. The van der Waals surface area contributed by atoms with Crippen molar-refractivity contribution in [3.8, 4) is 22.3 Å². The largest absolute Gasteiger partial charge is 0.494 e. The molecule has 5 aromatic rings. The summed E-state index contributed by atoms with van der Waals surface area (Å²) in [5.41, 5.74) is 5.58. The summed E-state index contributed by atoms with van der Waals surface area (Å²) < 4.78 is 15.7. The first-order chi connectivity index (χ1) is 17.6. The van der Waals surface area contributed by atoms with E-state index >= 15 is 0 Å². The van der Waals surface area contributed by atoms with Gasteiger partial charge in [0.05, 0.1) is 11.2 Å². The molecule has 3 heterocycles. The van der Waals surface area contributed by atoms with E-state index < -0.39 is 17.1 Å². The molecule has 2 aliphatic rings. The molecule has 0 saturated carbocycles. The zero-order valence-electron chi connectivity index (χ0n) is 22.2. The van der Waals surface area contributed by atoms with Gasteiger partial charge in [-0.2, -0.15) is 10.0 Å². The van der Waals surface area contributed by atoms with Crippen molar-refractivity contribution in [1.29, 1.82) is 0 Å². The fourth-order valence-corrected chi connectivity index (χ4v) is 9.83. The first-order valence-electron chi connectivity index (χ1n) is 12.8. The molecular weight excluding hydrogens is 491 g/mol. The Hall–Kier alpha value is -2.57. The predicted molar refractivity (Wildman–Crippen MR) is 162 cm³/mol. The quantitative estimate of drug-likeness (QED) is 0.217. The summed E-state index contributed by atoms with van der Waals surface area (Å²) >= 11 is 1.88. The van der Waals surface area contributed by atoms with Crippen LogP contribution < -0.4 is 5.46 Å². The minimum absolute atomic E-state index is 0.380. The van der Waals surface area contributed by atoms with E-state index in [1.165, 1.54) is 52.2 Å². The molecule has 1 aromatic heterocycles. The smallest absolute Gasteiger partial charge is 0.399 e. The zero-order chi connectivity index (χ0) is 25.7. The number of benzene rings is 4. The fraction of sp³-hybridized carbons (Fsp3) is 0.250. The predicted octanol–water partition coefficient (Wildman–Crippen LogP) is 8.48. The highest BCUT2D eigenvalue weighted by atomic mass is 32.3. The van der Waals surface area contributed by atoms with Crippen molar-refractivity contribution in [3.63, 3.8) is 0 Å². The number of fused-ring (bicyclic) bond motifs is 6. The Morgan fingerprint density at radius 3 is 2.11 bits per heavy atom. The highest BCUT2D eigenvalue weighted by Crippen LogP contribution is 2.69. The van der Waals surface area contributed by atoms with Gasteiger partial charge in [-0.3, -0.25) is 0 Å². The second kappa shape index (κ2) is 7.73. The van der Waals surface area contributed by atoms with Crippen LogP contribution in [0.1, 0.15) is 27.7 Å². The molecule has 2 nitrogen and oxygen atoms in total. The normalized spacial score (nSPS) is 19.8. The summed E-state index contributed by atoms with van der Waals surface area (Å²) in [6.45, 7) is 8.50. The van der Waals surface area contributed by atoms with E-state index in [2.05, 4.69) is 119 Å². The molecule has 7 rings (SSSR count). The van der Waals surface area contributed by atoms with Gasteiger partial charge in [-0.05, 0) is 86.1 Å². The summed E-state index contributed by atoms with van der Waals surface area (Å²) in [7, 11) is -1.58. The Morgan fingerprint density at radius 2 is 1.32 bits per heavy atom. The van der Waals surface area contributed by atoms with Crippen molar-refractivity contribution in [2.75, 3.05) is 12.5 Å². The average molecular weight is 523 g/mol. The highest BCUT2D eigenvalue weighted by molar-refractivity contribution is 8.33. The van der Waals surface area contributed by atoms with Gasteiger partial charge >= 0.3 is 7.12 Å². The van der Waals surface area contributed by atoms with Gasteiger partial charge in [-0.1, -0.05) is 60.7 Å². The van der Waals surface area contributed by atoms with Crippen LogP contribution in [-0.4, -0.2) is 30.8 Å². The third kappa shape index (κ3) is 3.34. The first kappa shape index (κ1) is 23.5. The average Bonchev–Trinajstić information content (AvgIpc) is 3.43. The summed E-state index contributed by atoms with van der Waals surface area (Å²) in [6, 6.07) is 29.3. The van der Waals surface area contributed by atoms with E-state index in [4.69, 9.17) is 9.31 Å². The molecule has 2 aliphatic heterocycles. The number of hydrogen-bond donors (Lipinski definition) is 0. The molecule has 0 unspecified atom stereocenters. The van der Waals surface area contributed by atoms with Crippen LogP contribution in [0.4, 0.5) is 0 Å². The Labute approximate surface area is 225 Å². The number of hydrogen-bond acceptors (Lipinski definition) is 3. The molecule has 0 amide bonds. The van der Waals surface area contributed by atoms with Crippen molar-refractivity contribution < 1.29 is 9.31 Å². The number of thiophene rings is 1. The van der Waals surface area contributed by atoms with Crippen LogP contribution in [0.15, 0.2) is 88.7 Å². The van der Waals surface area contributed by atoms with Gasteiger partial charge in [0, 0.05) is 30.0 Å². The van der Waals surface area contributed by atoms with Crippen LogP contribution in [0, 0.1) is 0 Å². The van der Waals surface area contributed by atoms with Crippen LogP contribution in [0.3, 0.4) is 0 Å². The Balaban J connectivity index is 1.48. The van der Waals surface area contributed by atoms with Gasteiger partial charge in [0.25, 0.3) is 0 Å². The molecule has 0 atom stereocenters. The maximum Gasteiger partial charge on any atom is 0.494 e. The molecule has 1 fully saturated rings. The molecule has 1 saturated heterocycles. The van der Waals surface area contributed by atoms with Crippen LogP contribution >= 0.6 is 21.4 Å². The Morgan fingerprint density at radius 1 is 0.676 bits per heavy atom. The second-order valence-corrected chi connectivity index (χ2v) is 16.3. The molecule has 5 heteroatoms. The summed E-state index contributed by atoms with van der Waals surface area (Å²) in [6.07, 6.45) is 4.88. The van der Waals surface area contributed by atoms with Crippen LogP contribution in [0.2, 0.25) is 0 Å². The van der Waals surface area contributed by atoms with Crippen LogP contribution in [0.25, 0.3) is 42.4 Å². The van der Waals surface area contributed by atoms with Gasteiger partial charge in [0.2, 0.25) is 0 Å². The molecule has 0 bridgehead atoms. The summed E-state index contributed by atoms with van der Waals surface area (Å²) in [5, 5.41) is 2.67. The summed E-state index contributed by atoms with van der Waals surface area (Å²) in [5.74, 6) is 0. The monoisotopic (exact) mass is 522 g/mol. The van der Waals surface area contributed by atoms with E-state index in [0.29, 0.717) is 0 Å². The molecule has 0 spiro atoms. The molecular formula is C32H31BO2S2. The van der Waals surface area contributed by atoms with Crippen molar-refractivity contribution >= 4 is 54.1 Å². The highest BCUT2D eigenvalue weighted by Gasteiger charge is 2.52. The molecule has 37 heavy (non-hydrogen) atoms. The van der Waals surface area contributed by atoms with E-state index in [1.807, 2.05) is 11.3 Å². The van der Waals surface area contributed by atoms with Crippen LogP contribution in [0.5, 0.6) is 0 Å². The van der Waals surface area contributed by atoms with Gasteiger partial charge in [-0.15, -0.1) is 11.3 Å². The maximum atomic E-state index is 6.54. The van der Waals surface area contributed by atoms with Gasteiger partial charge in [0.15, 0.2) is 0 Å². The lowest BCUT2D eigenvalue weighted by Crippen LogP contribution is -2.41. The second-order valence-electron chi connectivity index (χ2n) is 11.7. The molecule has 0 radical (unpaired) electrons. The SMILES string of the molecule is CC1(C)OB(c2cc(-c3ccc4c(c3)sc3ccccc34)c3c(c2)-c2ccccc2S3(C)C)OC1(C)C. The summed E-state index contributed by atoms with van der Waals surface area (Å²) in [4.78, 5) is 2.93. The molecule has 0 N–H and O–H groups in total. The van der Waals surface area contributed by atoms with E-state index in [9.17, 15) is 0 Å². The lowest BCUT2D eigenvalue weighted by atomic mass is 9.76. The third-order valence-corrected chi connectivity index (χ3v) is 12.6. The molecule has 4 aromatic carbocycles. The molecule has 186 valence electrons.